The molecule has 0 N–H and O–H groups in total. The van der Waals surface area contributed by atoms with Gasteiger partial charge in [0.2, 0.25) is 0 Å². The van der Waals surface area contributed by atoms with Crippen molar-refractivity contribution in [3.8, 4) is 0 Å². The van der Waals surface area contributed by atoms with Gasteiger partial charge in [-0.15, -0.1) is 0 Å². The van der Waals surface area contributed by atoms with Gasteiger partial charge in [0.1, 0.15) is 5.60 Å². The number of carbonyl (C=O) groups is 1. The largest absolute Gasteiger partial charge is 0.469 e. The highest BCUT2D eigenvalue weighted by Gasteiger charge is 2.53. The van der Waals surface area contributed by atoms with Crippen molar-refractivity contribution in [1.82, 2.24) is 0 Å². The molecule has 4 nitrogen and oxygen atoms in total. The summed E-state index contributed by atoms with van der Waals surface area (Å²) in [6, 6.07) is 0. The molecule has 0 unspecified atom stereocenters. The highest BCUT2D eigenvalue weighted by molar-refractivity contribution is 5.73. The molecule has 0 aromatic carbocycles. The van der Waals surface area contributed by atoms with Crippen molar-refractivity contribution >= 4 is 5.97 Å². The molecule has 2 aliphatic rings. The minimum atomic E-state index is -0.542. The van der Waals surface area contributed by atoms with E-state index in [1.807, 2.05) is 13.8 Å². The Kier molecular flexibility index (Phi) is 3.97. The van der Waals surface area contributed by atoms with Gasteiger partial charge in [-0.05, 0) is 26.2 Å². The molecule has 0 aromatic rings. The third-order valence-corrected chi connectivity index (χ3v) is 4.29. The number of hydrogen-bond acceptors (Lipinski definition) is 4. The SMILES string of the molecule is CC[C@H](C(=O)OC)[C@]1(C)COC2(CCCCC2)O1. The van der Waals surface area contributed by atoms with E-state index < -0.39 is 11.4 Å². The Labute approximate surface area is 109 Å². The molecule has 0 aromatic heterocycles. The second kappa shape index (κ2) is 5.17. The Balaban J connectivity index is 2.10. The predicted molar refractivity (Wildman–Crippen MR) is 67.1 cm³/mol. The first-order valence-corrected chi connectivity index (χ1v) is 6.97. The van der Waals surface area contributed by atoms with E-state index >= 15 is 0 Å². The molecule has 1 saturated carbocycles. The van der Waals surface area contributed by atoms with Crippen LogP contribution in [-0.2, 0) is 19.0 Å². The second-order valence-corrected chi connectivity index (χ2v) is 5.66. The van der Waals surface area contributed by atoms with Crippen LogP contribution in [0, 0.1) is 5.92 Å². The van der Waals surface area contributed by atoms with Gasteiger partial charge >= 0.3 is 5.97 Å². The molecular weight excluding hydrogens is 232 g/mol. The lowest BCUT2D eigenvalue weighted by atomic mass is 9.87. The van der Waals surface area contributed by atoms with Crippen molar-refractivity contribution in [2.75, 3.05) is 13.7 Å². The smallest absolute Gasteiger partial charge is 0.311 e. The first-order valence-electron chi connectivity index (χ1n) is 6.97. The van der Waals surface area contributed by atoms with Crippen LogP contribution in [0.15, 0.2) is 0 Å². The van der Waals surface area contributed by atoms with Crippen molar-refractivity contribution in [3.05, 3.63) is 0 Å². The summed E-state index contributed by atoms with van der Waals surface area (Å²) in [6.07, 6.45) is 6.14. The summed E-state index contributed by atoms with van der Waals surface area (Å²) in [7, 11) is 1.43. The van der Waals surface area contributed by atoms with E-state index in [-0.39, 0.29) is 11.9 Å². The Bertz CT molecular complexity index is 309. The lowest BCUT2D eigenvalue weighted by molar-refractivity contribution is -0.212. The summed E-state index contributed by atoms with van der Waals surface area (Å²) in [6.45, 7) is 4.45. The van der Waals surface area contributed by atoms with Crippen molar-refractivity contribution in [3.63, 3.8) is 0 Å². The quantitative estimate of drug-likeness (QED) is 0.728. The molecule has 1 aliphatic heterocycles. The predicted octanol–water partition coefficient (Wildman–Crippen LogP) is 2.65. The summed E-state index contributed by atoms with van der Waals surface area (Å²) in [5.41, 5.74) is -0.542. The maximum Gasteiger partial charge on any atom is 0.311 e. The zero-order chi connectivity index (χ0) is 13.2. The third kappa shape index (κ3) is 2.41. The topological polar surface area (TPSA) is 44.8 Å². The highest BCUT2D eigenvalue weighted by Crippen LogP contribution is 2.45. The molecule has 104 valence electrons. The maximum atomic E-state index is 11.8. The van der Waals surface area contributed by atoms with Crippen LogP contribution in [-0.4, -0.2) is 31.1 Å². The van der Waals surface area contributed by atoms with Crippen molar-refractivity contribution < 1.29 is 19.0 Å². The maximum absolute atomic E-state index is 11.8. The van der Waals surface area contributed by atoms with E-state index in [9.17, 15) is 4.79 Å². The van der Waals surface area contributed by atoms with E-state index in [4.69, 9.17) is 14.2 Å². The summed E-state index contributed by atoms with van der Waals surface area (Å²) < 4.78 is 17.1. The van der Waals surface area contributed by atoms with Crippen LogP contribution in [0.2, 0.25) is 0 Å². The third-order valence-electron chi connectivity index (χ3n) is 4.29. The Morgan fingerprint density at radius 3 is 2.56 bits per heavy atom. The van der Waals surface area contributed by atoms with Crippen LogP contribution in [0.3, 0.4) is 0 Å². The zero-order valence-electron chi connectivity index (χ0n) is 11.7. The standard InChI is InChI=1S/C14H24O4/c1-4-11(12(15)16-3)13(2)10-17-14(18-13)8-6-5-7-9-14/h11H,4-10H2,1-3H3/t11-,13+/m1/s1. The van der Waals surface area contributed by atoms with Gasteiger partial charge in [0.15, 0.2) is 5.79 Å². The van der Waals surface area contributed by atoms with Crippen LogP contribution in [0.4, 0.5) is 0 Å². The fourth-order valence-electron chi connectivity index (χ4n) is 3.26. The normalized spacial score (nSPS) is 32.4. The Morgan fingerprint density at radius 1 is 1.33 bits per heavy atom. The minimum absolute atomic E-state index is 0.198. The summed E-state index contributed by atoms with van der Waals surface area (Å²) in [4.78, 5) is 11.8. The zero-order valence-corrected chi connectivity index (χ0v) is 11.7. The van der Waals surface area contributed by atoms with E-state index in [0.29, 0.717) is 13.0 Å². The number of rotatable bonds is 3. The van der Waals surface area contributed by atoms with Gasteiger partial charge in [-0.25, -0.2) is 0 Å². The Morgan fingerprint density at radius 2 is 2.00 bits per heavy atom. The average Bonchev–Trinajstić information content (AvgIpc) is 2.69. The lowest BCUT2D eigenvalue weighted by Crippen LogP contribution is -2.44. The molecule has 2 atom stereocenters. The molecule has 1 aliphatic carbocycles. The van der Waals surface area contributed by atoms with E-state index in [0.717, 1.165) is 25.7 Å². The number of methoxy groups -OCH3 is 1. The molecule has 0 radical (unpaired) electrons. The fourth-order valence-corrected chi connectivity index (χ4v) is 3.26. The fraction of sp³-hybridized carbons (Fsp3) is 0.929. The van der Waals surface area contributed by atoms with Gasteiger partial charge < -0.3 is 14.2 Å². The van der Waals surface area contributed by atoms with Crippen LogP contribution in [0.1, 0.15) is 52.4 Å². The van der Waals surface area contributed by atoms with Crippen LogP contribution in [0.5, 0.6) is 0 Å². The van der Waals surface area contributed by atoms with Crippen molar-refractivity contribution in [2.24, 2.45) is 5.92 Å². The van der Waals surface area contributed by atoms with Crippen molar-refractivity contribution in [2.45, 2.75) is 63.8 Å². The molecule has 2 rings (SSSR count). The molecule has 18 heavy (non-hydrogen) atoms. The molecule has 1 saturated heterocycles. The van der Waals surface area contributed by atoms with Gasteiger partial charge in [0, 0.05) is 12.8 Å². The molecule has 1 spiro atoms. The first kappa shape index (κ1) is 13.8. The number of carbonyl (C=O) groups excluding carboxylic acids is 1. The lowest BCUT2D eigenvalue weighted by Gasteiger charge is -2.36. The summed E-state index contributed by atoms with van der Waals surface area (Å²) in [5.74, 6) is -0.880. The van der Waals surface area contributed by atoms with Gasteiger partial charge in [-0.3, -0.25) is 4.79 Å². The average molecular weight is 256 g/mol. The summed E-state index contributed by atoms with van der Waals surface area (Å²) >= 11 is 0. The molecule has 2 fully saturated rings. The summed E-state index contributed by atoms with van der Waals surface area (Å²) in [5, 5.41) is 0. The van der Waals surface area contributed by atoms with E-state index in [1.165, 1.54) is 13.5 Å². The molecule has 0 amide bonds. The monoisotopic (exact) mass is 256 g/mol. The molecule has 0 bridgehead atoms. The second-order valence-electron chi connectivity index (χ2n) is 5.66. The molecular formula is C14H24O4. The Hall–Kier alpha value is -0.610. The minimum Gasteiger partial charge on any atom is -0.469 e. The van der Waals surface area contributed by atoms with E-state index in [2.05, 4.69) is 0 Å². The molecule has 4 heteroatoms. The van der Waals surface area contributed by atoms with Crippen LogP contribution >= 0.6 is 0 Å². The highest BCUT2D eigenvalue weighted by atomic mass is 16.8. The van der Waals surface area contributed by atoms with Crippen LogP contribution in [0.25, 0.3) is 0 Å². The van der Waals surface area contributed by atoms with Crippen molar-refractivity contribution in [1.29, 1.82) is 0 Å². The molecule has 1 heterocycles. The first-order chi connectivity index (χ1) is 8.55. The number of hydrogen-bond donors (Lipinski definition) is 0. The van der Waals surface area contributed by atoms with Gasteiger partial charge in [0.25, 0.3) is 0 Å². The number of ether oxygens (including phenoxy) is 3. The van der Waals surface area contributed by atoms with Gasteiger partial charge in [0.05, 0.1) is 19.6 Å². The number of esters is 1. The van der Waals surface area contributed by atoms with Gasteiger partial charge in [-0.2, -0.15) is 0 Å². The van der Waals surface area contributed by atoms with E-state index in [1.54, 1.807) is 0 Å². The van der Waals surface area contributed by atoms with Crippen LogP contribution < -0.4 is 0 Å². The van der Waals surface area contributed by atoms with Gasteiger partial charge in [-0.1, -0.05) is 13.3 Å².